The molecule has 0 unspecified atom stereocenters. The number of nitrogens with one attached hydrogen (secondary N) is 1. The Labute approximate surface area is 182 Å². The van der Waals surface area contributed by atoms with Gasteiger partial charge in [-0.2, -0.15) is 0 Å². The minimum Gasteiger partial charge on any atom is -0.491 e. The molecule has 156 valence electrons. The molecule has 2 aromatic carbocycles. The number of carbonyl (C=O) groups excluding carboxylic acids is 2. The van der Waals surface area contributed by atoms with Crippen LogP contribution < -0.4 is 15.0 Å². The highest BCUT2D eigenvalue weighted by molar-refractivity contribution is 7.80. The van der Waals surface area contributed by atoms with Crippen molar-refractivity contribution in [3.8, 4) is 5.75 Å². The van der Waals surface area contributed by atoms with E-state index in [0.29, 0.717) is 11.6 Å². The maximum Gasteiger partial charge on any atom is 0.270 e. The summed E-state index contributed by atoms with van der Waals surface area (Å²) in [5, 5.41) is 2.70. The van der Waals surface area contributed by atoms with E-state index in [0.717, 1.165) is 23.3 Å². The van der Waals surface area contributed by atoms with Crippen molar-refractivity contribution in [2.75, 3.05) is 4.90 Å². The molecule has 1 fully saturated rings. The number of benzene rings is 2. The molecule has 0 saturated carbocycles. The molecule has 0 radical (unpaired) electrons. The van der Waals surface area contributed by atoms with E-state index < -0.39 is 11.8 Å². The number of anilines is 1. The van der Waals surface area contributed by atoms with Gasteiger partial charge in [0, 0.05) is 0 Å². The minimum absolute atomic E-state index is 0.0344. The van der Waals surface area contributed by atoms with Crippen LogP contribution in [-0.2, 0) is 9.59 Å². The van der Waals surface area contributed by atoms with Gasteiger partial charge in [0.15, 0.2) is 5.11 Å². The van der Waals surface area contributed by atoms with E-state index in [1.54, 1.807) is 6.08 Å². The fourth-order valence-corrected chi connectivity index (χ4v) is 3.31. The quantitative estimate of drug-likeness (QED) is 0.412. The molecule has 6 heteroatoms. The lowest BCUT2D eigenvalue weighted by Crippen LogP contribution is -2.54. The number of rotatable bonds is 6. The fraction of sp³-hybridized carbons (Fsp3) is 0.292. The van der Waals surface area contributed by atoms with Gasteiger partial charge < -0.3 is 4.74 Å². The summed E-state index contributed by atoms with van der Waals surface area (Å²) in [6.07, 6.45) is 2.60. The van der Waals surface area contributed by atoms with Gasteiger partial charge in [-0.15, -0.1) is 0 Å². The molecule has 1 heterocycles. The summed E-state index contributed by atoms with van der Waals surface area (Å²) in [4.78, 5) is 26.9. The predicted molar refractivity (Wildman–Crippen MR) is 124 cm³/mol. The number of ether oxygens (including phenoxy) is 1. The summed E-state index contributed by atoms with van der Waals surface area (Å²) < 4.78 is 5.77. The van der Waals surface area contributed by atoms with Crippen molar-refractivity contribution in [1.29, 1.82) is 0 Å². The van der Waals surface area contributed by atoms with Gasteiger partial charge in [0.05, 0.1) is 11.8 Å². The van der Waals surface area contributed by atoms with E-state index >= 15 is 0 Å². The molecule has 0 spiro atoms. The second-order valence-corrected chi connectivity index (χ2v) is 8.00. The fourth-order valence-electron chi connectivity index (χ4n) is 3.03. The predicted octanol–water partition coefficient (Wildman–Crippen LogP) is 4.82. The van der Waals surface area contributed by atoms with Gasteiger partial charge >= 0.3 is 0 Å². The van der Waals surface area contributed by atoms with Crippen LogP contribution in [0.2, 0.25) is 0 Å². The first-order chi connectivity index (χ1) is 14.3. The lowest BCUT2D eigenvalue weighted by molar-refractivity contribution is -0.122. The second kappa shape index (κ2) is 9.22. The summed E-state index contributed by atoms with van der Waals surface area (Å²) in [5.41, 5.74) is 2.55. The van der Waals surface area contributed by atoms with E-state index in [4.69, 9.17) is 17.0 Å². The molecule has 0 aliphatic carbocycles. The van der Waals surface area contributed by atoms with Gasteiger partial charge in [0.1, 0.15) is 11.3 Å². The summed E-state index contributed by atoms with van der Waals surface area (Å²) >= 11 is 5.26. The van der Waals surface area contributed by atoms with Crippen LogP contribution in [0.1, 0.15) is 51.2 Å². The van der Waals surface area contributed by atoms with Crippen LogP contribution in [0.5, 0.6) is 5.75 Å². The molecule has 5 nitrogen and oxygen atoms in total. The smallest absolute Gasteiger partial charge is 0.270 e. The highest BCUT2D eigenvalue weighted by Crippen LogP contribution is 2.25. The Morgan fingerprint density at radius 3 is 2.23 bits per heavy atom. The Balaban J connectivity index is 1.86. The summed E-state index contributed by atoms with van der Waals surface area (Å²) in [5.74, 6) is 0.186. The van der Waals surface area contributed by atoms with Crippen LogP contribution in [0, 0.1) is 0 Å². The summed E-state index contributed by atoms with van der Waals surface area (Å²) in [6, 6.07) is 14.9. The van der Waals surface area contributed by atoms with Crippen LogP contribution in [0.15, 0.2) is 54.1 Å². The summed E-state index contributed by atoms with van der Waals surface area (Å²) in [6.45, 7) is 8.27. The molecule has 1 N–H and O–H groups in total. The first-order valence-corrected chi connectivity index (χ1v) is 10.5. The molecule has 0 bridgehead atoms. The highest BCUT2D eigenvalue weighted by atomic mass is 32.1. The largest absolute Gasteiger partial charge is 0.491 e. The minimum atomic E-state index is -0.500. The topological polar surface area (TPSA) is 58.6 Å². The number of amides is 2. The van der Waals surface area contributed by atoms with E-state index in [9.17, 15) is 9.59 Å². The van der Waals surface area contributed by atoms with Crippen molar-refractivity contribution in [3.05, 3.63) is 65.2 Å². The Morgan fingerprint density at radius 2 is 1.67 bits per heavy atom. The number of nitrogens with zero attached hydrogens (tertiary/aromatic N) is 1. The third kappa shape index (κ3) is 4.76. The molecule has 1 saturated heterocycles. The molecular weight excluding hydrogens is 396 g/mol. The lowest BCUT2D eigenvalue weighted by Gasteiger charge is -2.29. The van der Waals surface area contributed by atoms with Gasteiger partial charge in [-0.1, -0.05) is 45.0 Å². The molecule has 3 rings (SSSR count). The summed E-state index contributed by atoms with van der Waals surface area (Å²) in [7, 11) is 0. The van der Waals surface area contributed by atoms with Crippen molar-refractivity contribution in [1.82, 2.24) is 5.32 Å². The maximum atomic E-state index is 13.1. The third-order valence-electron chi connectivity index (χ3n) is 5.02. The normalized spacial score (nSPS) is 16.8. The second-order valence-electron chi connectivity index (χ2n) is 7.61. The molecule has 2 amide bonds. The number of hydrogen-bond donors (Lipinski definition) is 1. The average Bonchev–Trinajstić information content (AvgIpc) is 2.72. The number of carbonyl (C=O) groups is 2. The highest BCUT2D eigenvalue weighted by Gasteiger charge is 2.34. The SMILES string of the molecule is CC[C@H](C)Oc1ccc(/C=C2\C(=O)NC(=S)N(c3ccc(C(C)C)cc3)C2=O)cc1. The van der Waals surface area contributed by atoms with Gasteiger partial charge in [0.25, 0.3) is 11.8 Å². The molecule has 1 aliphatic heterocycles. The average molecular weight is 423 g/mol. The Kier molecular flexibility index (Phi) is 6.67. The van der Waals surface area contributed by atoms with Crippen LogP contribution in [0.3, 0.4) is 0 Å². The Bertz CT molecular complexity index is 979. The van der Waals surface area contributed by atoms with E-state index in [1.807, 2.05) is 55.5 Å². The van der Waals surface area contributed by atoms with Gasteiger partial charge in [-0.05, 0) is 72.9 Å². The van der Waals surface area contributed by atoms with E-state index in [2.05, 4.69) is 26.1 Å². The zero-order valence-electron chi connectivity index (χ0n) is 17.6. The molecular formula is C24H26N2O3S. The number of thiocarbonyl (C=S) groups is 1. The Hall–Kier alpha value is -2.99. The van der Waals surface area contributed by atoms with Crippen molar-refractivity contribution in [3.63, 3.8) is 0 Å². The van der Waals surface area contributed by atoms with Crippen molar-refractivity contribution < 1.29 is 14.3 Å². The molecule has 0 aromatic heterocycles. The van der Waals surface area contributed by atoms with Crippen LogP contribution in [0.4, 0.5) is 5.69 Å². The van der Waals surface area contributed by atoms with Crippen LogP contribution >= 0.6 is 12.2 Å². The first-order valence-electron chi connectivity index (χ1n) is 10.1. The maximum absolute atomic E-state index is 13.1. The third-order valence-corrected chi connectivity index (χ3v) is 5.31. The van der Waals surface area contributed by atoms with Crippen molar-refractivity contribution in [2.24, 2.45) is 0 Å². The zero-order chi connectivity index (χ0) is 21.8. The molecule has 1 atom stereocenters. The van der Waals surface area contributed by atoms with Crippen molar-refractivity contribution >= 4 is 40.9 Å². The first kappa shape index (κ1) is 21.7. The van der Waals surface area contributed by atoms with Crippen LogP contribution in [-0.4, -0.2) is 23.0 Å². The Morgan fingerprint density at radius 1 is 1.03 bits per heavy atom. The standard InChI is InChI=1S/C24H26N2O3S/c1-5-16(4)29-20-12-6-17(7-13-20)14-21-22(27)25-24(30)26(23(21)28)19-10-8-18(9-11-19)15(2)3/h6-16H,5H2,1-4H3,(H,25,27,30)/b21-14+/t16-/m0/s1. The molecule has 30 heavy (non-hydrogen) atoms. The van der Waals surface area contributed by atoms with Crippen molar-refractivity contribution in [2.45, 2.75) is 46.1 Å². The van der Waals surface area contributed by atoms with Crippen LogP contribution in [0.25, 0.3) is 6.08 Å². The van der Waals surface area contributed by atoms with Gasteiger partial charge in [0.2, 0.25) is 0 Å². The number of hydrogen-bond acceptors (Lipinski definition) is 4. The monoisotopic (exact) mass is 422 g/mol. The molecule has 1 aliphatic rings. The van der Waals surface area contributed by atoms with Gasteiger partial charge in [-0.3, -0.25) is 19.8 Å². The van der Waals surface area contributed by atoms with E-state index in [1.165, 1.54) is 4.90 Å². The molecule has 2 aromatic rings. The lowest BCUT2D eigenvalue weighted by atomic mass is 10.0. The van der Waals surface area contributed by atoms with Gasteiger partial charge in [-0.25, -0.2) is 0 Å². The van der Waals surface area contributed by atoms with E-state index in [-0.39, 0.29) is 16.8 Å². The zero-order valence-corrected chi connectivity index (χ0v) is 18.5.